The summed E-state index contributed by atoms with van der Waals surface area (Å²) in [6.07, 6.45) is 0. The predicted molar refractivity (Wildman–Crippen MR) is 90.2 cm³/mol. The van der Waals surface area contributed by atoms with E-state index in [1.54, 1.807) is 0 Å². The number of fused-ring (bicyclic) bond motifs is 1. The van der Waals surface area contributed by atoms with E-state index in [9.17, 15) is 4.79 Å². The number of hydrogen-bond donors (Lipinski definition) is 1. The first-order valence-electron chi connectivity index (χ1n) is 7.65. The van der Waals surface area contributed by atoms with Gasteiger partial charge in [0.25, 0.3) is 0 Å². The number of carbonyl (C=O) groups is 1. The first kappa shape index (κ1) is 13.7. The smallest absolute Gasteiger partial charge is 0.239 e. The Hall–Kier alpha value is -2.95. The van der Waals surface area contributed by atoms with Crippen molar-refractivity contribution in [2.45, 2.75) is 0 Å². The molecule has 0 saturated carbocycles. The van der Waals surface area contributed by atoms with Crippen molar-refractivity contribution in [3.8, 4) is 11.4 Å². The van der Waals surface area contributed by atoms with Crippen LogP contribution in [-0.2, 0) is 4.79 Å². The van der Waals surface area contributed by atoms with E-state index in [1.165, 1.54) is 0 Å². The average Bonchev–Trinajstić information content (AvgIpc) is 2.61. The van der Waals surface area contributed by atoms with Gasteiger partial charge in [0, 0.05) is 24.0 Å². The SMILES string of the molecule is O=C1CN(c2nc(-c3ccccc3)nc3ccccc23)CCN1. The molecule has 3 aromatic rings. The Labute approximate surface area is 134 Å². The van der Waals surface area contributed by atoms with Crippen LogP contribution in [0.25, 0.3) is 22.3 Å². The highest BCUT2D eigenvalue weighted by Crippen LogP contribution is 2.27. The highest BCUT2D eigenvalue weighted by molar-refractivity contribution is 5.93. The first-order chi connectivity index (χ1) is 11.3. The minimum absolute atomic E-state index is 0.0280. The van der Waals surface area contributed by atoms with Crippen LogP contribution in [-0.4, -0.2) is 35.5 Å². The van der Waals surface area contributed by atoms with E-state index in [-0.39, 0.29) is 5.91 Å². The van der Waals surface area contributed by atoms with Crippen LogP contribution in [0.2, 0.25) is 0 Å². The molecule has 1 fully saturated rings. The van der Waals surface area contributed by atoms with Crippen molar-refractivity contribution in [2.75, 3.05) is 24.5 Å². The Morgan fingerprint density at radius 2 is 1.74 bits per heavy atom. The van der Waals surface area contributed by atoms with E-state index in [0.29, 0.717) is 18.9 Å². The van der Waals surface area contributed by atoms with Crippen LogP contribution in [0, 0.1) is 0 Å². The van der Waals surface area contributed by atoms with E-state index in [1.807, 2.05) is 59.5 Å². The first-order valence-corrected chi connectivity index (χ1v) is 7.65. The molecule has 2 heterocycles. The second kappa shape index (κ2) is 5.68. The third kappa shape index (κ3) is 2.61. The van der Waals surface area contributed by atoms with Crippen LogP contribution in [0.4, 0.5) is 5.82 Å². The summed E-state index contributed by atoms with van der Waals surface area (Å²) >= 11 is 0. The van der Waals surface area contributed by atoms with Crippen LogP contribution < -0.4 is 10.2 Å². The molecule has 1 aliphatic heterocycles. The average molecular weight is 304 g/mol. The monoisotopic (exact) mass is 304 g/mol. The number of nitrogens with one attached hydrogen (secondary N) is 1. The van der Waals surface area contributed by atoms with Crippen molar-refractivity contribution >= 4 is 22.6 Å². The molecular formula is C18H16N4O. The molecule has 1 saturated heterocycles. The van der Waals surface area contributed by atoms with Crippen molar-refractivity contribution in [3.05, 3.63) is 54.6 Å². The maximum absolute atomic E-state index is 11.7. The van der Waals surface area contributed by atoms with Crippen LogP contribution in [0.1, 0.15) is 0 Å². The zero-order valence-electron chi connectivity index (χ0n) is 12.6. The fourth-order valence-electron chi connectivity index (χ4n) is 2.84. The Balaban J connectivity index is 1.89. The fraction of sp³-hybridized carbons (Fsp3) is 0.167. The number of nitrogens with zero attached hydrogens (tertiary/aromatic N) is 3. The number of hydrogen-bond acceptors (Lipinski definition) is 4. The Kier molecular flexibility index (Phi) is 3.38. The number of aromatic nitrogens is 2. The van der Waals surface area contributed by atoms with E-state index in [4.69, 9.17) is 4.98 Å². The molecule has 114 valence electrons. The topological polar surface area (TPSA) is 58.1 Å². The van der Waals surface area contributed by atoms with Crippen molar-refractivity contribution in [2.24, 2.45) is 0 Å². The van der Waals surface area contributed by atoms with Crippen molar-refractivity contribution in [1.29, 1.82) is 0 Å². The Morgan fingerprint density at radius 1 is 0.957 bits per heavy atom. The zero-order valence-corrected chi connectivity index (χ0v) is 12.6. The number of carbonyl (C=O) groups excluding carboxylic acids is 1. The number of amides is 1. The summed E-state index contributed by atoms with van der Waals surface area (Å²) in [7, 11) is 0. The standard InChI is InChI=1S/C18H16N4O/c23-16-12-22(11-10-19-16)18-14-8-4-5-9-15(14)20-17(21-18)13-6-2-1-3-7-13/h1-9H,10-12H2,(H,19,23). The minimum atomic E-state index is 0.0280. The third-order valence-electron chi connectivity index (χ3n) is 3.95. The molecule has 0 spiro atoms. The lowest BCUT2D eigenvalue weighted by atomic mass is 10.1. The summed E-state index contributed by atoms with van der Waals surface area (Å²) in [4.78, 5) is 23.2. The third-order valence-corrected chi connectivity index (χ3v) is 3.95. The maximum atomic E-state index is 11.7. The van der Waals surface area contributed by atoms with Crippen LogP contribution >= 0.6 is 0 Å². The van der Waals surface area contributed by atoms with Gasteiger partial charge < -0.3 is 10.2 Å². The van der Waals surface area contributed by atoms with Crippen LogP contribution in [0.15, 0.2) is 54.6 Å². The molecule has 1 aliphatic rings. The van der Waals surface area contributed by atoms with Crippen LogP contribution in [0.5, 0.6) is 0 Å². The summed E-state index contributed by atoms with van der Waals surface area (Å²) in [5, 5.41) is 3.83. The normalized spacial score (nSPS) is 14.8. The molecule has 0 atom stereocenters. The second-order valence-corrected chi connectivity index (χ2v) is 5.53. The van der Waals surface area contributed by atoms with E-state index in [2.05, 4.69) is 10.3 Å². The van der Waals surface area contributed by atoms with E-state index < -0.39 is 0 Å². The zero-order chi connectivity index (χ0) is 15.6. The molecule has 0 aliphatic carbocycles. The molecule has 0 radical (unpaired) electrons. The molecule has 0 unspecified atom stereocenters. The molecule has 1 amide bonds. The molecule has 5 heteroatoms. The van der Waals surface area contributed by atoms with Gasteiger partial charge in [0.1, 0.15) is 5.82 Å². The van der Waals surface area contributed by atoms with Crippen molar-refractivity contribution < 1.29 is 4.79 Å². The number of rotatable bonds is 2. The van der Waals surface area contributed by atoms with Gasteiger partial charge in [-0.15, -0.1) is 0 Å². The van der Waals surface area contributed by atoms with Gasteiger partial charge in [-0.1, -0.05) is 42.5 Å². The molecule has 23 heavy (non-hydrogen) atoms. The highest BCUT2D eigenvalue weighted by Gasteiger charge is 2.20. The highest BCUT2D eigenvalue weighted by atomic mass is 16.2. The lowest BCUT2D eigenvalue weighted by Gasteiger charge is -2.28. The predicted octanol–water partition coefficient (Wildman–Crippen LogP) is 2.23. The van der Waals surface area contributed by atoms with Gasteiger partial charge in [-0.2, -0.15) is 0 Å². The van der Waals surface area contributed by atoms with Gasteiger partial charge >= 0.3 is 0 Å². The second-order valence-electron chi connectivity index (χ2n) is 5.53. The van der Waals surface area contributed by atoms with Gasteiger partial charge in [0.2, 0.25) is 5.91 Å². The fourth-order valence-corrected chi connectivity index (χ4v) is 2.84. The van der Waals surface area contributed by atoms with Crippen molar-refractivity contribution in [1.82, 2.24) is 15.3 Å². The quantitative estimate of drug-likeness (QED) is 0.789. The molecule has 5 nitrogen and oxygen atoms in total. The number of anilines is 1. The summed E-state index contributed by atoms with van der Waals surface area (Å²) in [6, 6.07) is 17.8. The van der Waals surface area contributed by atoms with Gasteiger partial charge in [-0.25, -0.2) is 9.97 Å². The van der Waals surface area contributed by atoms with Gasteiger partial charge in [-0.05, 0) is 12.1 Å². The van der Waals surface area contributed by atoms with E-state index in [0.717, 1.165) is 28.8 Å². The summed E-state index contributed by atoms with van der Waals surface area (Å²) < 4.78 is 0. The maximum Gasteiger partial charge on any atom is 0.239 e. The number of benzene rings is 2. The number of para-hydroxylation sites is 1. The molecule has 2 aromatic carbocycles. The summed E-state index contributed by atoms with van der Waals surface area (Å²) in [5.41, 5.74) is 1.86. The molecule has 1 aromatic heterocycles. The van der Waals surface area contributed by atoms with Gasteiger partial charge in [0.15, 0.2) is 5.82 Å². The molecule has 1 N–H and O–H groups in total. The van der Waals surface area contributed by atoms with Gasteiger partial charge in [-0.3, -0.25) is 4.79 Å². The molecule has 4 rings (SSSR count). The molecular weight excluding hydrogens is 288 g/mol. The lowest BCUT2D eigenvalue weighted by molar-refractivity contribution is -0.120. The Morgan fingerprint density at radius 3 is 2.57 bits per heavy atom. The largest absolute Gasteiger partial charge is 0.353 e. The summed E-state index contributed by atoms with van der Waals surface area (Å²) in [6.45, 7) is 1.72. The Bertz CT molecular complexity index is 863. The lowest BCUT2D eigenvalue weighted by Crippen LogP contribution is -2.48. The van der Waals surface area contributed by atoms with Crippen LogP contribution in [0.3, 0.4) is 0 Å². The number of piperazine rings is 1. The van der Waals surface area contributed by atoms with E-state index >= 15 is 0 Å². The van der Waals surface area contributed by atoms with Crippen molar-refractivity contribution in [3.63, 3.8) is 0 Å². The summed E-state index contributed by atoms with van der Waals surface area (Å²) in [5.74, 6) is 1.54. The van der Waals surface area contributed by atoms with Gasteiger partial charge in [0.05, 0.1) is 12.1 Å². The molecule has 0 bridgehead atoms. The minimum Gasteiger partial charge on any atom is -0.353 e.